The van der Waals surface area contributed by atoms with Crippen molar-refractivity contribution in [3.05, 3.63) is 0 Å². The lowest BCUT2D eigenvalue weighted by Crippen LogP contribution is -2.68. The summed E-state index contributed by atoms with van der Waals surface area (Å²) in [7, 11) is 0. The fourth-order valence-corrected chi connectivity index (χ4v) is 10.7. The molecule has 0 amide bonds. The summed E-state index contributed by atoms with van der Waals surface area (Å²) in [5.74, 6) is -0.352. The number of hydrogen-bond donors (Lipinski definition) is 21. The van der Waals surface area contributed by atoms with E-state index in [1.54, 1.807) is 0 Å². The molecule has 0 aromatic carbocycles. The zero-order valence-electron chi connectivity index (χ0n) is 40.3. The number of aliphatic hydroxyl groups is 20. The molecule has 35 atom stereocenters. The molecule has 0 spiro atoms. The van der Waals surface area contributed by atoms with Crippen molar-refractivity contribution < 1.29 is 168 Å². The van der Waals surface area contributed by atoms with Gasteiger partial charge in [-0.05, 0) is 0 Å². The van der Waals surface area contributed by atoms with Crippen molar-refractivity contribution in [1.29, 1.82) is 0 Å². The van der Waals surface area contributed by atoms with E-state index in [0.29, 0.717) is 0 Å². The topological polar surface area (TPSA) is 534 Å². The van der Waals surface area contributed by atoms with Crippen LogP contribution in [0.5, 0.6) is 0 Å². The largest absolute Gasteiger partial charge is 0.394 e. The van der Waals surface area contributed by atoms with Crippen LogP contribution in [0, 0.1) is 0 Å². The predicted molar refractivity (Wildman–Crippen MR) is 235 cm³/mol. The van der Waals surface area contributed by atoms with Crippen molar-refractivity contribution >= 4 is 12.6 Å². The zero-order chi connectivity index (χ0) is 56.1. The molecule has 77 heavy (non-hydrogen) atoms. The van der Waals surface area contributed by atoms with E-state index < -0.39 is 255 Å². The number of ether oxygens (including phenoxy) is 14. The number of hydrogen-bond acceptors (Lipinski definition) is 35. The smallest absolute Gasteiger partial charge is 0.187 e. The Bertz CT molecular complexity index is 1470. The molecule has 35 heteroatoms. The van der Waals surface area contributed by atoms with Gasteiger partial charge in [-0.3, -0.25) is 0 Å². The van der Waals surface area contributed by atoms with Gasteiger partial charge in [-0.2, -0.15) is 12.6 Å². The van der Waals surface area contributed by atoms with Crippen molar-refractivity contribution in [2.45, 2.75) is 215 Å². The number of aliphatic hydroxyl groups excluding tert-OH is 20. The average molecular weight is 1150 g/mol. The zero-order valence-corrected chi connectivity index (χ0v) is 41.2. The third-order valence-electron chi connectivity index (χ3n) is 14.8. The summed E-state index contributed by atoms with van der Waals surface area (Å²) in [4.78, 5) is 0. The molecule has 21 fully saturated rings. The molecular formula is C42H70O34S. The standard InChI is InChI=1S/C42H70O34S/c43-1-8-29-16(50)23(57)37(64-8)72-31-10(3-45)66-39(25(59)18(31)52)74-33-12(5-47)68-41(27(61)20(33)54)76-35-14(7-77)69-42(28(62)21(35)55)75-34-13(6-48)67-40(26(60)19(34)53)73-32-11(4-46)65-38(24(58)17(32)51)71-30-9(2-44)63-36(70-29)22(56)15(30)49/h8-62,77H,1-7H2/t8-,9-,10-,11-,12-,13-,14-,15+,16+,17+,18+,19+,20+,21+,22-,23-,24-,25-,26-,27-,28-,29+,30+,31+,32+,33+,34+,35-,36-,37-,38-,39-,40-,41-,42-/m1/s1. The van der Waals surface area contributed by atoms with Gasteiger partial charge in [0.2, 0.25) is 0 Å². The maximum absolute atomic E-state index is 11.4. The molecule has 0 aliphatic carbocycles. The van der Waals surface area contributed by atoms with Crippen LogP contribution < -0.4 is 0 Å². The quantitative estimate of drug-likeness (QED) is 0.105. The first-order chi connectivity index (χ1) is 36.7. The molecule has 21 heterocycles. The normalized spacial score (nSPS) is 55.4. The van der Waals surface area contributed by atoms with Crippen molar-refractivity contribution in [2.75, 3.05) is 45.4 Å². The molecule has 21 aliphatic heterocycles. The Morgan fingerprint density at radius 3 is 0.455 bits per heavy atom. The second kappa shape index (κ2) is 26.3. The second-order valence-corrected chi connectivity index (χ2v) is 20.0. The van der Waals surface area contributed by atoms with Crippen LogP contribution in [0.25, 0.3) is 0 Å². The van der Waals surface area contributed by atoms with E-state index in [2.05, 4.69) is 12.6 Å². The van der Waals surface area contributed by atoms with Gasteiger partial charge in [0.15, 0.2) is 44.0 Å². The third kappa shape index (κ3) is 12.2. The van der Waals surface area contributed by atoms with Crippen LogP contribution in [0.4, 0.5) is 0 Å². The number of rotatable bonds is 7. The molecule has 20 N–H and O–H groups in total. The lowest BCUT2D eigenvalue weighted by atomic mass is 9.95. The van der Waals surface area contributed by atoms with E-state index in [1.165, 1.54) is 0 Å². The highest BCUT2D eigenvalue weighted by atomic mass is 32.1. The molecule has 21 rings (SSSR count). The van der Waals surface area contributed by atoms with Gasteiger partial charge in [0.25, 0.3) is 0 Å². The second-order valence-electron chi connectivity index (χ2n) is 19.7. The Balaban J connectivity index is 1.08. The fourth-order valence-electron chi connectivity index (χ4n) is 10.4. The SMILES string of the molecule is OC[C@H]1O[C@@H]2O[C@@H]3[C@@H](O)[C@@H](O)[C@@H](O[C@@H]4[C@@H](O)[C@@H](O)[C@@H](O[C@H]5[C@@H](O)[C@@H](O)[C@@H](O[C@@H]6[C@@H](O)[C@@H](O)[C@@H](O[C@@H]7[C@@H](O)[C@@H](O)[C@@H](O[C@@H]8[C@@H](O)[C@@H](O)[C@@H](O[C@@H]1[C@@H](O)[C@H]2O)O[C@@H]8CO)O[C@@H]7CO)O[C@@H]6CO)O[C@@H]5CS)O[C@@H]4CO)O[C@@H]3CO. The highest BCUT2D eigenvalue weighted by Gasteiger charge is 2.59. The van der Waals surface area contributed by atoms with Gasteiger partial charge >= 0.3 is 0 Å². The molecule has 21 aliphatic rings. The van der Waals surface area contributed by atoms with E-state index in [-0.39, 0.29) is 5.75 Å². The van der Waals surface area contributed by atoms with Gasteiger partial charge in [-0.25, -0.2) is 0 Å². The number of thiol groups is 1. The Morgan fingerprint density at radius 2 is 0.325 bits per heavy atom. The predicted octanol–water partition coefficient (Wildman–Crippen LogP) is -14.3. The van der Waals surface area contributed by atoms with E-state index in [1.807, 2.05) is 0 Å². The minimum absolute atomic E-state index is 0.352. The van der Waals surface area contributed by atoms with E-state index in [0.717, 1.165) is 0 Å². The maximum atomic E-state index is 11.4. The van der Waals surface area contributed by atoms with Crippen molar-refractivity contribution in [3.8, 4) is 0 Å². The monoisotopic (exact) mass is 1150 g/mol. The third-order valence-corrected chi connectivity index (χ3v) is 15.1. The van der Waals surface area contributed by atoms with Gasteiger partial charge in [0.05, 0.1) is 45.7 Å². The van der Waals surface area contributed by atoms with Crippen LogP contribution >= 0.6 is 12.6 Å². The van der Waals surface area contributed by atoms with Crippen LogP contribution in [0.15, 0.2) is 0 Å². The average Bonchev–Trinajstić information content (AvgIpc) is 3.45. The Kier molecular flexibility index (Phi) is 21.2. The summed E-state index contributed by atoms with van der Waals surface area (Å²) >= 11 is 4.23. The molecule has 0 aromatic rings. The summed E-state index contributed by atoms with van der Waals surface area (Å²) in [6.45, 7) is -6.17. The van der Waals surface area contributed by atoms with E-state index >= 15 is 0 Å². The van der Waals surface area contributed by atoms with Crippen molar-refractivity contribution in [2.24, 2.45) is 0 Å². The highest BCUT2D eigenvalue weighted by molar-refractivity contribution is 7.80. The highest BCUT2D eigenvalue weighted by Crippen LogP contribution is 2.39. The minimum atomic E-state index is -2.20. The first-order valence-corrected chi connectivity index (χ1v) is 25.3. The van der Waals surface area contributed by atoms with Gasteiger partial charge in [-0.15, -0.1) is 0 Å². The van der Waals surface area contributed by atoms with Crippen molar-refractivity contribution in [3.63, 3.8) is 0 Å². The van der Waals surface area contributed by atoms with Gasteiger partial charge < -0.3 is 168 Å². The molecule has 0 radical (unpaired) electrons. The summed E-state index contributed by atoms with van der Waals surface area (Å²) in [5.41, 5.74) is 0. The van der Waals surface area contributed by atoms with Gasteiger partial charge in [0.1, 0.15) is 165 Å². The molecule has 14 bridgehead atoms. The molecule has 0 unspecified atom stereocenters. The Hall–Kier alpha value is -1.01. The lowest BCUT2D eigenvalue weighted by Gasteiger charge is -2.50. The summed E-state index contributed by atoms with van der Waals surface area (Å²) in [5, 5.41) is 220. The van der Waals surface area contributed by atoms with Gasteiger partial charge in [0, 0.05) is 5.75 Å². The maximum Gasteiger partial charge on any atom is 0.187 e. The first-order valence-electron chi connectivity index (χ1n) is 24.6. The van der Waals surface area contributed by atoms with Crippen LogP contribution in [0.2, 0.25) is 0 Å². The molecule has 0 saturated carbocycles. The molecule has 21 saturated heterocycles. The Labute approximate surface area is 440 Å². The summed E-state index contributed by atoms with van der Waals surface area (Å²) in [6.07, 6.45) is -68.7. The molecule has 448 valence electrons. The molecule has 0 aromatic heterocycles. The van der Waals surface area contributed by atoms with Crippen molar-refractivity contribution in [1.82, 2.24) is 0 Å². The summed E-state index contributed by atoms with van der Waals surface area (Å²) < 4.78 is 80.0. The molecular weight excluding hydrogens is 1080 g/mol. The lowest BCUT2D eigenvalue weighted by molar-refractivity contribution is -0.396. The fraction of sp³-hybridized carbons (Fsp3) is 1.00. The minimum Gasteiger partial charge on any atom is -0.394 e. The van der Waals surface area contributed by atoms with E-state index in [9.17, 15) is 102 Å². The summed E-state index contributed by atoms with van der Waals surface area (Å²) in [6, 6.07) is 0. The van der Waals surface area contributed by atoms with Crippen LogP contribution in [-0.2, 0) is 66.3 Å². The molecule has 34 nitrogen and oxygen atoms in total. The van der Waals surface area contributed by atoms with E-state index in [4.69, 9.17) is 66.3 Å². The Morgan fingerprint density at radius 1 is 0.195 bits per heavy atom. The van der Waals surface area contributed by atoms with Crippen LogP contribution in [-0.4, -0.2) is 362 Å². The van der Waals surface area contributed by atoms with Gasteiger partial charge in [-0.1, -0.05) is 0 Å². The van der Waals surface area contributed by atoms with Crippen LogP contribution in [0.3, 0.4) is 0 Å². The first kappa shape index (κ1) is 62.0. The van der Waals surface area contributed by atoms with Crippen LogP contribution in [0.1, 0.15) is 0 Å².